The molecule has 1 fully saturated rings. The molecular formula is C22H34N2O4. The number of carbonyl (C=O) groups excluding carboxylic acids is 2. The number of esters is 1. The van der Waals surface area contributed by atoms with E-state index in [0.29, 0.717) is 6.61 Å². The lowest BCUT2D eigenvalue weighted by Gasteiger charge is -2.40. The lowest BCUT2D eigenvalue weighted by molar-refractivity contribution is -0.149. The molecule has 1 aromatic rings. The maximum absolute atomic E-state index is 12.5. The molecule has 0 aliphatic heterocycles. The second-order valence-corrected chi connectivity index (χ2v) is 8.37. The van der Waals surface area contributed by atoms with E-state index in [2.05, 4.69) is 24.5 Å². The summed E-state index contributed by atoms with van der Waals surface area (Å²) in [4.78, 5) is 24.5. The Kier molecular flexibility index (Phi) is 7.87. The SMILES string of the molecule is CCOC(=O)C1CCC(N(NC(=O)OC(C)(C)C)C(C)c2ccccc2)CC1. The lowest BCUT2D eigenvalue weighted by atomic mass is 9.85. The first-order chi connectivity index (χ1) is 13.2. The number of ether oxygens (including phenoxy) is 2. The highest BCUT2D eigenvalue weighted by Crippen LogP contribution is 2.32. The molecule has 2 rings (SSSR count). The van der Waals surface area contributed by atoms with E-state index in [9.17, 15) is 9.59 Å². The molecule has 1 saturated carbocycles. The summed E-state index contributed by atoms with van der Waals surface area (Å²) >= 11 is 0. The molecular weight excluding hydrogens is 356 g/mol. The van der Waals surface area contributed by atoms with Crippen molar-refractivity contribution in [3.05, 3.63) is 35.9 Å². The first-order valence-electron chi connectivity index (χ1n) is 10.2. The molecule has 0 saturated heterocycles. The van der Waals surface area contributed by atoms with Gasteiger partial charge in [-0.15, -0.1) is 0 Å². The summed E-state index contributed by atoms with van der Waals surface area (Å²) in [6.45, 7) is 9.87. The normalized spacial score (nSPS) is 21.1. The fraction of sp³-hybridized carbons (Fsp3) is 0.636. The maximum atomic E-state index is 12.5. The van der Waals surface area contributed by atoms with Crippen LogP contribution in [0.2, 0.25) is 0 Å². The van der Waals surface area contributed by atoms with Crippen LogP contribution in [0.5, 0.6) is 0 Å². The molecule has 1 amide bonds. The Morgan fingerprint density at radius 1 is 1.14 bits per heavy atom. The van der Waals surface area contributed by atoms with Crippen LogP contribution in [-0.4, -0.2) is 35.3 Å². The average molecular weight is 391 g/mol. The van der Waals surface area contributed by atoms with E-state index in [-0.39, 0.29) is 24.0 Å². The van der Waals surface area contributed by atoms with Gasteiger partial charge < -0.3 is 9.47 Å². The molecule has 1 aromatic carbocycles. The lowest BCUT2D eigenvalue weighted by Crippen LogP contribution is -2.52. The zero-order valence-corrected chi connectivity index (χ0v) is 17.7. The van der Waals surface area contributed by atoms with E-state index in [0.717, 1.165) is 31.2 Å². The minimum atomic E-state index is -0.562. The molecule has 156 valence electrons. The van der Waals surface area contributed by atoms with Crippen molar-refractivity contribution in [2.24, 2.45) is 5.92 Å². The van der Waals surface area contributed by atoms with Gasteiger partial charge in [-0.25, -0.2) is 9.80 Å². The largest absolute Gasteiger partial charge is 0.466 e. The van der Waals surface area contributed by atoms with Crippen LogP contribution in [0.25, 0.3) is 0 Å². The standard InChI is InChI=1S/C22H34N2O4/c1-6-27-20(25)18-12-14-19(15-13-18)24(23-21(26)28-22(3,4)5)16(2)17-10-8-7-9-11-17/h7-11,16,18-19H,6,12-15H2,1-5H3,(H,23,26). The van der Waals surface area contributed by atoms with E-state index in [1.54, 1.807) is 0 Å². The van der Waals surface area contributed by atoms with Crippen LogP contribution in [-0.2, 0) is 14.3 Å². The Labute approximate surface area is 168 Å². The number of hydrogen-bond donors (Lipinski definition) is 1. The summed E-state index contributed by atoms with van der Waals surface area (Å²) in [7, 11) is 0. The summed E-state index contributed by atoms with van der Waals surface area (Å²) in [5.74, 6) is -0.157. The van der Waals surface area contributed by atoms with Crippen molar-refractivity contribution in [3.63, 3.8) is 0 Å². The number of benzene rings is 1. The van der Waals surface area contributed by atoms with Crippen molar-refractivity contribution in [3.8, 4) is 0 Å². The summed E-state index contributed by atoms with van der Waals surface area (Å²) in [5, 5.41) is 1.99. The van der Waals surface area contributed by atoms with Crippen LogP contribution >= 0.6 is 0 Å². The van der Waals surface area contributed by atoms with Gasteiger partial charge in [0.1, 0.15) is 5.60 Å². The highest BCUT2D eigenvalue weighted by molar-refractivity contribution is 5.72. The molecule has 0 spiro atoms. The smallest absolute Gasteiger partial charge is 0.422 e. The summed E-state index contributed by atoms with van der Waals surface area (Å²) in [6, 6.07) is 10.2. The van der Waals surface area contributed by atoms with Gasteiger partial charge in [-0.1, -0.05) is 30.3 Å². The predicted molar refractivity (Wildman–Crippen MR) is 108 cm³/mol. The van der Waals surface area contributed by atoms with E-state index < -0.39 is 11.7 Å². The second-order valence-electron chi connectivity index (χ2n) is 8.37. The first kappa shape index (κ1) is 22.2. The summed E-state index contributed by atoms with van der Waals surface area (Å²) in [5.41, 5.74) is 3.52. The highest BCUT2D eigenvalue weighted by Gasteiger charge is 2.34. The van der Waals surface area contributed by atoms with Gasteiger partial charge in [0, 0.05) is 6.04 Å². The van der Waals surface area contributed by atoms with Crippen LogP contribution < -0.4 is 5.43 Å². The number of hydrazine groups is 1. The zero-order chi connectivity index (χ0) is 20.7. The Morgan fingerprint density at radius 2 is 1.75 bits per heavy atom. The minimum absolute atomic E-state index is 0.0159. The topological polar surface area (TPSA) is 67.9 Å². The molecule has 1 aliphatic rings. The zero-order valence-electron chi connectivity index (χ0n) is 17.7. The molecule has 1 unspecified atom stereocenters. The van der Waals surface area contributed by atoms with E-state index in [1.165, 1.54) is 0 Å². The minimum Gasteiger partial charge on any atom is -0.466 e. The van der Waals surface area contributed by atoms with Gasteiger partial charge in [-0.2, -0.15) is 0 Å². The van der Waals surface area contributed by atoms with Gasteiger partial charge in [0.05, 0.1) is 18.6 Å². The van der Waals surface area contributed by atoms with E-state index in [4.69, 9.17) is 9.47 Å². The Bertz CT molecular complexity index is 634. The number of amides is 1. The van der Waals surface area contributed by atoms with Crippen LogP contribution in [0.3, 0.4) is 0 Å². The van der Waals surface area contributed by atoms with Crippen LogP contribution in [0.4, 0.5) is 4.79 Å². The van der Waals surface area contributed by atoms with Gasteiger partial charge in [0.15, 0.2) is 0 Å². The van der Waals surface area contributed by atoms with Crippen LogP contribution in [0, 0.1) is 5.92 Å². The quantitative estimate of drug-likeness (QED) is 0.567. The third-order valence-corrected chi connectivity index (χ3v) is 5.03. The highest BCUT2D eigenvalue weighted by atomic mass is 16.6. The summed E-state index contributed by atoms with van der Waals surface area (Å²) in [6.07, 6.45) is 2.70. The Balaban J connectivity index is 2.10. The number of hydrogen-bond acceptors (Lipinski definition) is 5. The van der Waals surface area contributed by atoms with Crippen LogP contribution in [0.15, 0.2) is 30.3 Å². The number of carbonyl (C=O) groups is 2. The molecule has 0 bridgehead atoms. The Hall–Kier alpha value is -2.08. The molecule has 6 nitrogen and oxygen atoms in total. The van der Waals surface area contributed by atoms with Gasteiger partial charge in [0.2, 0.25) is 0 Å². The molecule has 0 heterocycles. The van der Waals surface area contributed by atoms with Gasteiger partial charge in [-0.05, 0) is 65.9 Å². The maximum Gasteiger partial charge on any atom is 0.422 e. The second kappa shape index (κ2) is 9.92. The first-order valence-corrected chi connectivity index (χ1v) is 10.2. The van der Waals surface area contributed by atoms with Crippen molar-refractivity contribution < 1.29 is 19.1 Å². The molecule has 1 aliphatic carbocycles. The average Bonchev–Trinajstić information content (AvgIpc) is 2.65. The number of nitrogens with zero attached hydrogens (tertiary/aromatic N) is 1. The number of nitrogens with one attached hydrogen (secondary N) is 1. The van der Waals surface area contributed by atoms with Crippen molar-refractivity contribution in [1.82, 2.24) is 10.4 Å². The van der Waals surface area contributed by atoms with E-state index >= 15 is 0 Å². The fourth-order valence-electron chi connectivity index (χ4n) is 3.65. The van der Waals surface area contributed by atoms with Gasteiger partial charge in [0.25, 0.3) is 0 Å². The van der Waals surface area contributed by atoms with Crippen molar-refractivity contribution >= 4 is 12.1 Å². The molecule has 1 atom stereocenters. The molecule has 28 heavy (non-hydrogen) atoms. The summed E-state index contributed by atoms with van der Waals surface area (Å²) < 4.78 is 10.6. The third-order valence-electron chi connectivity index (χ3n) is 5.03. The number of rotatable bonds is 6. The van der Waals surface area contributed by atoms with Gasteiger partial charge in [-0.3, -0.25) is 10.2 Å². The third kappa shape index (κ3) is 6.51. The van der Waals surface area contributed by atoms with Crippen LogP contribution in [0.1, 0.15) is 71.9 Å². The van der Waals surface area contributed by atoms with Crippen molar-refractivity contribution in [2.75, 3.05) is 6.61 Å². The monoisotopic (exact) mass is 390 g/mol. The van der Waals surface area contributed by atoms with Gasteiger partial charge >= 0.3 is 12.1 Å². The molecule has 6 heteroatoms. The fourth-order valence-corrected chi connectivity index (χ4v) is 3.65. The molecule has 1 N–H and O–H groups in total. The molecule has 0 radical (unpaired) electrons. The Morgan fingerprint density at radius 3 is 2.29 bits per heavy atom. The predicted octanol–water partition coefficient (Wildman–Crippen LogP) is 4.61. The van der Waals surface area contributed by atoms with E-state index in [1.807, 2.05) is 50.9 Å². The van der Waals surface area contributed by atoms with Crippen molar-refractivity contribution in [2.45, 2.75) is 78.0 Å². The van der Waals surface area contributed by atoms with Crippen molar-refractivity contribution in [1.29, 1.82) is 0 Å². The molecule has 0 aromatic heterocycles.